The number of rotatable bonds is 3. The second-order valence-corrected chi connectivity index (χ2v) is 6.80. The Kier molecular flexibility index (Phi) is 3.67. The molecule has 1 fully saturated rings. The molecule has 0 saturated heterocycles. The van der Waals surface area contributed by atoms with Gasteiger partial charge in [-0.3, -0.25) is 4.79 Å². The molecule has 1 aliphatic carbocycles. The maximum Gasteiger partial charge on any atom is 0.251 e. The first-order valence-electron chi connectivity index (χ1n) is 8.57. The maximum absolute atomic E-state index is 12.6. The molecular weight excluding hydrogens is 302 g/mol. The Labute approximate surface area is 140 Å². The van der Waals surface area contributed by atoms with Crippen molar-refractivity contribution in [1.82, 2.24) is 25.1 Å². The number of carbonyl (C=O) groups excluding carboxylic acids is 1. The lowest BCUT2D eigenvalue weighted by Gasteiger charge is -2.13. The summed E-state index contributed by atoms with van der Waals surface area (Å²) in [4.78, 5) is 16.9. The first kappa shape index (κ1) is 15.1. The van der Waals surface area contributed by atoms with E-state index < -0.39 is 0 Å². The Balaban J connectivity index is 1.79. The number of hydrogen-bond acceptors (Lipinski definition) is 4. The van der Waals surface area contributed by atoms with Crippen LogP contribution in [0.3, 0.4) is 0 Å². The van der Waals surface area contributed by atoms with Crippen molar-refractivity contribution in [2.45, 2.75) is 51.6 Å². The molecular formula is C18H21N5O. The van der Waals surface area contributed by atoms with Gasteiger partial charge in [-0.15, -0.1) is 10.2 Å². The van der Waals surface area contributed by atoms with Crippen LogP contribution in [-0.2, 0) is 0 Å². The molecule has 0 aliphatic heterocycles. The van der Waals surface area contributed by atoms with Crippen molar-refractivity contribution in [2.24, 2.45) is 0 Å². The topological polar surface area (TPSA) is 72.7 Å². The number of hydrogen-bond donors (Lipinski definition) is 1. The van der Waals surface area contributed by atoms with E-state index >= 15 is 0 Å². The first-order chi connectivity index (χ1) is 11.6. The molecule has 0 radical (unpaired) electrons. The third-order valence-electron chi connectivity index (χ3n) is 4.79. The molecule has 1 saturated carbocycles. The van der Waals surface area contributed by atoms with Crippen molar-refractivity contribution in [3.63, 3.8) is 0 Å². The second-order valence-electron chi connectivity index (χ2n) is 6.80. The summed E-state index contributed by atoms with van der Waals surface area (Å²) in [6.07, 6.45) is 6.35. The predicted molar refractivity (Wildman–Crippen MR) is 92.9 cm³/mol. The Morgan fingerprint density at radius 1 is 1.25 bits per heavy atom. The molecule has 4 rings (SSSR count). The molecule has 24 heavy (non-hydrogen) atoms. The minimum absolute atomic E-state index is 0.00984. The number of nitrogens with one attached hydrogen (secondary N) is 1. The molecule has 0 atom stereocenters. The summed E-state index contributed by atoms with van der Waals surface area (Å²) in [5.74, 6) is -0.00984. The van der Waals surface area contributed by atoms with Crippen molar-refractivity contribution in [2.75, 3.05) is 0 Å². The number of carbonyl (C=O) groups is 1. The highest BCUT2D eigenvalue weighted by Crippen LogP contribution is 2.25. The number of aromatic nitrogens is 4. The van der Waals surface area contributed by atoms with Gasteiger partial charge in [0.25, 0.3) is 5.91 Å². The van der Waals surface area contributed by atoms with Crippen LogP contribution < -0.4 is 5.32 Å². The molecule has 1 amide bonds. The Hall–Kier alpha value is -2.50. The third kappa shape index (κ3) is 2.52. The van der Waals surface area contributed by atoms with Crippen LogP contribution in [0.1, 0.15) is 55.9 Å². The van der Waals surface area contributed by atoms with Gasteiger partial charge in [-0.2, -0.15) is 0 Å². The van der Waals surface area contributed by atoms with Crippen LogP contribution in [-0.4, -0.2) is 31.7 Å². The number of amides is 1. The molecule has 0 spiro atoms. The van der Waals surface area contributed by atoms with Crippen molar-refractivity contribution in [3.05, 3.63) is 30.1 Å². The van der Waals surface area contributed by atoms with E-state index in [1.54, 1.807) is 6.33 Å². The van der Waals surface area contributed by atoms with Crippen molar-refractivity contribution in [1.29, 1.82) is 0 Å². The smallest absolute Gasteiger partial charge is 0.251 e. The summed E-state index contributed by atoms with van der Waals surface area (Å²) in [5.41, 5.74) is 3.00. The number of benzene rings is 1. The zero-order valence-electron chi connectivity index (χ0n) is 14.0. The number of imidazole rings is 1. The van der Waals surface area contributed by atoms with Gasteiger partial charge in [0.2, 0.25) is 5.65 Å². The molecule has 6 heteroatoms. The third-order valence-corrected chi connectivity index (χ3v) is 4.79. The molecule has 3 aromatic rings. The number of fused-ring (bicyclic) bond motifs is 3. The van der Waals surface area contributed by atoms with E-state index in [-0.39, 0.29) is 11.9 Å². The molecule has 2 aromatic heterocycles. The summed E-state index contributed by atoms with van der Waals surface area (Å²) < 4.78 is 2.07. The fraction of sp³-hybridized carbons (Fsp3) is 0.444. The Morgan fingerprint density at radius 3 is 2.79 bits per heavy atom. The zero-order chi connectivity index (χ0) is 16.7. The van der Waals surface area contributed by atoms with Crippen molar-refractivity contribution in [3.8, 4) is 0 Å². The average molecular weight is 323 g/mol. The Morgan fingerprint density at radius 2 is 2.04 bits per heavy atom. The molecule has 2 heterocycles. The highest BCUT2D eigenvalue weighted by atomic mass is 16.1. The van der Waals surface area contributed by atoms with E-state index in [0.29, 0.717) is 17.3 Å². The van der Waals surface area contributed by atoms with E-state index in [4.69, 9.17) is 0 Å². The van der Waals surface area contributed by atoms with Crippen LogP contribution in [0.15, 0.2) is 24.5 Å². The van der Waals surface area contributed by atoms with Crippen molar-refractivity contribution >= 4 is 28.0 Å². The normalized spacial score (nSPS) is 15.6. The van der Waals surface area contributed by atoms with Gasteiger partial charge in [-0.1, -0.05) is 12.8 Å². The minimum atomic E-state index is -0.00984. The lowest BCUT2D eigenvalue weighted by molar-refractivity contribution is 0.0938. The van der Waals surface area contributed by atoms with Gasteiger partial charge >= 0.3 is 0 Å². The molecule has 6 nitrogen and oxygen atoms in total. The average Bonchev–Trinajstić information content (AvgIpc) is 3.23. The lowest BCUT2D eigenvalue weighted by atomic mass is 10.1. The van der Waals surface area contributed by atoms with E-state index in [1.807, 2.05) is 18.2 Å². The van der Waals surface area contributed by atoms with Crippen molar-refractivity contribution < 1.29 is 4.79 Å². The summed E-state index contributed by atoms with van der Waals surface area (Å²) in [6.45, 7) is 4.20. The van der Waals surface area contributed by atoms with Crippen LogP contribution in [0.25, 0.3) is 22.1 Å². The van der Waals surface area contributed by atoms with E-state index in [2.05, 4.69) is 38.9 Å². The van der Waals surface area contributed by atoms with E-state index in [9.17, 15) is 4.79 Å². The monoisotopic (exact) mass is 323 g/mol. The molecule has 1 aromatic carbocycles. The SMILES string of the molecule is CC(C)n1cnc2nnc3ccc(C(=O)NC4CCCC4)cc3c21. The van der Waals surface area contributed by atoms with Gasteiger partial charge in [-0.25, -0.2) is 4.98 Å². The predicted octanol–water partition coefficient (Wildman–Crippen LogP) is 3.23. The molecule has 0 bridgehead atoms. The molecule has 0 unspecified atom stereocenters. The summed E-state index contributed by atoms with van der Waals surface area (Å²) in [7, 11) is 0. The Bertz CT molecular complexity index is 908. The lowest BCUT2D eigenvalue weighted by Crippen LogP contribution is -2.32. The fourth-order valence-corrected chi connectivity index (χ4v) is 3.47. The van der Waals surface area contributed by atoms with Gasteiger partial charge in [-0.05, 0) is 44.9 Å². The van der Waals surface area contributed by atoms with Gasteiger partial charge in [0.05, 0.1) is 17.4 Å². The largest absolute Gasteiger partial charge is 0.349 e. The van der Waals surface area contributed by atoms with Gasteiger partial charge in [0.15, 0.2) is 0 Å². The summed E-state index contributed by atoms with van der Waals surface area (Å²) in [6, 6.07) is 6.17. The number of nitrogens with zero attached hydrogens (tertiary/aromatic N) is 4. The molecule has 1 N–H and O–H groups in total. The van der Waals surface area contributed by atoms with Crippen LogP contribution in [0.2, 0.25) is 0 Å². The zero-order valence-corrected chi connectivity index (χ0v) is 14.0. The van der Waals surface area contributed by atoms with Gasteiger partial charge < -0.3 is 9.88 Å². The summed E-state index contributed by atoms with van der Waals surface area (Å²) >= 11 is 0. The van der Waals surface area contributed by atoms with Crippen LogP contribution in [0.4, 0.5) is 0 Å². The van der Waals surface area contributed by atoms with Gasteiger partial charge in [0, 0.05) is 23.0 Å². The van der Waals surface area contributed by atoms with E-state index in [1.165, 1.54) is 12.8 Å². The first-order valence-corrected chi connectivity index (χ1v) is 8.57. The highest BCUT2D eigenvalue weighted by molar-refractivity contribution is 6.05. The van der Waals surface area contributed by atoms with Crippen LogP contribution in [0, 0.1) is 0 Å². The summed E-state index contributed by atoms with van der Waals surface area (Å²) in [5, 5.41) is 12.5. The molecule has 124 valence electrons. The minimum Gasteiger partial charge on any atom is -0.349 e. The van der Waals surface area contributed by atoms with Crippen LogP contribution in [0.5, 0.6) is 0 Å². The highest BCUT2D eigenvalue weighted by Gasteiger charge is 2.19. The van der Waals surface area contributed by atoms with Gasteiger partial charge in [0.1, 0.15) is 0 Å². The van der Waals surface area contributed by atoms with E-state index in [0.717, 1.165) is 29.3 Å². The molecule has 1 aliphatic rings. The maximum atomic E-state index is 12.6. The second kappa shape index (κ2) is 5.85. The standard InChI is InChI=1S/C18H21N5O/c1-11(2)23-10-19-17-16(23)14-9-12(7-8-15(14)21-22-17)18(24)20-13-5-3-4-6-13/h7-11,13H,3-6H2,1-2H3,(H,20,24). The fourth-order valence-electron chi connectivity index (χ4n) is 3.47. The quantitative estimate of drug-likeness (QED) is 0.803. The van der Waals surface area contributed by atoms with Crippen LogP contribution >= 0.6 is 0 Å².